The zero-order chi connectivity index (χ0) is 12.3. The molecule has 1 aromatic heterocycles. The third kappa shape index (κ3) is 3.35. The molecule has 2 rings (SSSR count). The molecule has 0 aliphatic rings. The number of hydrogen-bond acceptors (Lipinski definition) is 4. The lowest BCUT2D eigenvalue weighted by atomic mass is 10.2. The van der Waals surface area contributed by atoms with Crippen LogP contribution in [0, 0.1) is 6.92 Å². The Hall–Kier alpha value is -1.26. The van der Waals surface area contributed by atoms with E-state index in [1.54, 1.807) is 11.8 Å². The maximum absolute atomic E-state index is 6.08. The van der Waals surface area contributed by atoms with Gasteiger partial charge in [-0.1, -0.05) is 29.8 Å². The van der Waals surface area contributed by atoms with Crippen LogP contribution in [0.5, 0.6) is 0 Å². The van der Waals surface area contributed by atoms with Gasteiger partial charge < -0.3 is 5.73 Å². The van der Waals surface area contributed by atoms with Crippen molar-refractivity contribution < 1.29 is 0 Å². The zero-order valence-corrected chi connectivity index (χ0v) is 10.9. The lowest BCUT2D eigenvalue weighted by Crippen LogP contribution is -1.97. The summed E-state index contributed by atoms with van der Waals surface area (Å²) in [7, 11) is 0. The highest BCUT2D eigenvalue weighted by molar-refractivity contribution is 7.98. The Kier molecular flexibility index (Phi) is 3.86. The fourth-order valence-electron chi connectivity index (χ4n) is 1.40. The predicted molar refractivity (Wildman–Crippen MR) is 72.2 cm³/mol. The highest BCUT2D eigenvalue weighted by atomic mass is 35.5. The molecule has 0 aliphatic carbocycles. The largest absolute Gasteiger partial charge is 0.368 e. The molecule has 0 radical (unpaired) electrons. The summed E-state index contributed by atoms with van der Waals surface area (Å²) in [4.78, 5) is 8.20. The monoisotopic (exact) mass is 265 g/mol. The van der Waals surface area contributed by atoms with E-state index in [1.165, 1.54) is 0 Å². The Bertz CT molecular complexity index is 511. The van der Waals surface area contributed by atoms with Gasteiger partial charge in [-0.05, 0) is 24.6 Å². The highest BCUT2D eigenvalue weighted by Crippen LogP contribution is 2.25. The van der Waals surface area contributed by atoms with Crippen LogP contribution >= 0.6 is 23.4 Å². The van der Waals surface area contributed by atoms with Crippen LogP contribution in [0.4, 0.5) is 5.95 Å². The van der Waals surface area contributed by atoms with Crippen molar-refractivity contribution in [3.05, 3.63) is 46.6 Å². The number of halogens is 1. The first-order chi connectivity index (χ1) is 8.15. The Morgan fingerprint density at radius 3 is 2.76 bits per heavy atom. The Labute approximate surface area is 109 Å². The number of aryl methyl sites for hydroxylation is 1. The van der Waals surface area contributed by atoms with Crippen molar-refractivity contribution in [1.29, 1.82) is 0 Å². The third-order valence-corrected chi connectivity index (χ3v) is 3.51. The number of anilines is 1. The first kappa shape index (κ1) is 12.2. The number of thioether (sulfide) groups is 1. The van der Waals surface area contributed by atoms with Crippen LogP contribution in [0.1, 0.15) is 11.3 Å². The van der Waals surface area contributed by atoms with E-state index >= 15 is 0 Å². The van der Waals surface area contributed by atoms with Crippen molar-refractivity contribution in [2.45, 2.75) is 17.7 Å². The Morgan fingerprint density at radius 2 is 2.06 bits per heavy atom. The number of benzene rings is 1. The number of aromatic nitrogens is 2. The molecule has 88 valence electrons. The molecule has 0 bridgehead atoms. The number of nitrogens with zero attached hydrogens (tertiary/aromatic N) is 2. The number of nitrogen functional groups attached to an aromatic ring is 1. The van der Waals surface area contributed by atoms with Gasteiger partial charge in [0.25, 0.3) is 0 Å². The van der Waals surface area contributed by atoms with Gasteiger partial charge in [-0.25, -0.2) is 9.97 Å². The minimum absolute atomic E-state index is 0.312. The average molecular weight is 266 g/mol. The first-order valence-electron chi connectivity index (χ1n) is 5.12. The van der Waals surface area contributed by atoms with Gasteiger partial charge in [0.2, 0.25) is 5.95 Å². The van der Waals surface area contributed by atoms with Crippen molar-refractivity contribution in [2.75, 3.05) is 5.73 Å². The molecule has 0 unspecified atom stereocenters. The minimum Gasteiger partial charge on any atom is -0.368 e. The summed E-state index contributed by atoms with van der Waals surface area (Å²) in [5, 5.41) is 1.65. The molecule has 0 atom stereocenters. The molecule has 5 heteroatoms. The van der Waals surface area contributed by atoms with Crippen LogP contribution in [0.2, 0.25) is 5.02 Å². The fraction of sp³-hybridized carbons (Fsp3) is 0.167. The average Bonchev–Trinajstić information content (AvgIpc) is 2.27. The van der Waals surface area contributed by atoms with E-state index in [4.69, 9.17) is 17.3 Å². The first-order valence-corrected chi connectivity index (χ1v) is 6.49. The van der Waals surface area contributed by atoms with E-state index in [0.717, 1.165) is 27.1 Å². The van der Waals surface area contributed by atoms with E-state index in [1.807, 2.05) is 37.3 Å². The lowest BCUT2D eigenvalue weighted by Gasteiger charge is -2.04. The van der Waals surface area contributed by atoms with Gasteiger partial charge in [-0.3, -0.25) is 0 Å². The minimum atomic E-state index is 0.312. The zero-order valence-electron chi connectivity index (χ0n) is 9.35. The summed E-state index contributed by atoms with van der Waals surface area (Å²) in [5.74, 6) is 1.09. The highest BCUT2D eigenvalue weighted by Gasteiger charge is 2.03. The van der Waals surface area contributed by atoms with Gasteiger partial charge in [0.05, 0.1) is 0 Å². The van der Waals surface area contributed by atoms with E-state index in [-0.39, 0.29) is 0 Å². The van der Waals surface area contributed by atoms with Crippen molar-refractivity contribution in [3.8, 4) is 0 Å². The standard InChI is InChI=1S/C12H12ClN3S/c1-8-6-11(16-12(14)15-8)17-7-9-4-2-3-5-10(9)13/h2-6H,7H2,1H3,(H2,14,15,16). The van der Waals surface area contributed by atoms with Gasteiger partial charge in [0.1, 0.15) is 5.03 Å². The summed E-state index contributed by atoms with van der Waals surface area (Å²) in [6.45, 7) is 1.90. The van der Waals surface area contributed by atoms with Gasteiger partial charge in [-0.15, -0.1) is 11.8 Å². The van der Waals surface area contributed by atoms with E-state index in [2.05, 4.69) is 9.97 Å². The van der Waals surface area contributed by atoms with E-state index in [9.17, 15) is 0 Å². The van der Waals surface area contributed by atoms with Crippen molar-refractivity contribution >= 4 is 29.3 Å². The normalized spacial score (nSPS) is 10.5. The maximum Gasteiger partial charge on any atom is 0.221 e. The van der Waals surface area contributed by atoms with Crippen LogP contribution in [-0.4, -0.2) is 9.97 Å². The number of hydrogen-bond donors (Lipinski definition) is 1. The molecule has 1 aromatic carbocycles. The molecule has 1 heterocycles. The maximum atomic E-state index is 6.08. The van der Waals surface area contributed by atoms with E-state index < -0.39 is 0 Å². The Morgan fingerprint density at radius 1 is 1.29 bits per heavy atom. The molecule has 0 saturated heterocycles. The summed E-state index contributed by atoms with van der Waals surface area (Å²) >= 11 is 7.68. The summed E-state index contributed by atoms with van der Waals surface area (Å²) < 4.78 is 0. The Balaban J connectivity index is 2.10. The smallest absolute Gasteiger partial charge is 0.221 e. The second-order valence-electron chi connectivity index (χ2n) is 3.59. The van der Waals surface area contributed by atoms with Crippen LogP contribution in [0.25, 0.3) is 0 Å². The molecule has 0 amide bonds. The van der Waals surface area contributed by atoms with Gasteiger partial charge >= 0.3 is 0 Å². The number of rotatable bonds is 3. The van der Waals surface area contributed by atoms with Crippen molar-refractivity contribution in [3.63, 3.8) is 0 Å². The van der Waals surface area contributed by atoms with Gasteiger partial charge in [0.15, 0.2) is 0 Å². The number of nitrogens with two attached hydrogens (primary N) is 1. The second kappa shape index (κ2) is 5.38. The van der Waals surface area contributed by atoms with Gasteiger partial charge in [-0.2, -0.15) is 0 Å². The molecule has 2 aromatic rings. The van der Waals surface area contributed by atoms with Gasteiger partial charge in [0, 0.05) is 16.5 Å². The molecular formula is C12H12ClN3S. The third-order valence-electron chi connectivity index (χ3n) is 2.18. The molecule has 17 heavy (non-hydrogen) atoms. The molecule has 0 saturated carbocycles. The topological polar surface area (TPSA) is 51.8 Å². The van der Waals surface area contributed by atoms with Crippen LogP contribution in [-0.2, 0) is 5.75 Å². The SMILES string of the molecule is Cc1cc(SCc2ccccc2Cl)nc(N)n1. The molecule has 2 N–H and O–H groups in total. The fourth-order valence-corrected chi connectivity index (χ4v) is 2.65. The molecule has 0 fully saturated rings. The van der Waals surface area contributed by atoms with Crippen LogP contribution < -0.4 is 5.73 Å². The molecule has 0 spiro atoms. The summed E-state index contributed by atoms with van der Waals surface area (Å²) in [6, 6.07) is 9.70. The van der Waals surface area contributed by atoms with Crippen molar-refractivity contribution in [1.82, 2.24) is 9.97 Å². The second-order valence-corrected chi connectivity index (χ2v) is 4.99. The van der Waals surface area contributed by atoms with E-state index in [0.29, 0.717) is 5.95 Å². The lowest BCUT2D eigenvalue weighted by molar-refractivity contribution is 1.02. The summed E-state index contributed by atoms with van der Waals surface area (Å²) in [6.07, 6.45) is 0. The van der Waals surface area contributed by atoms with Crippen LogP contribution in [0.15, 0.2) is 35.4 Å². The molecule has 3 nitrogen and oxygen atoms in total. The summed E-state index contributed by atoms with van der Waals surface area (Å²) in [5.41, 5.74) is 7.56. The molecule has 0 aliphatic heterocycles. The van der Waals surface area contributed by atoms with Crippen molar-refractivity contribution in [2.24, 2.45) is 0 Å². The van der Waals surface area contributed by atoms with Crippen LogP contribution in [0.3, 0.4) is 0 Å². The molecular weight excluding hydrogens is 254 g/mol. The predicted octanol–water partition coefficient (Wildman–Crippen LogP) is 3.31. The quantitative estimate of drug-likeness (QED) is 0.683.